The van der Waals surface area contributed by atoms with Gasteiger partial charge in [-0.15, -0.1) is 0 Å². The number of aromatic nitrogens is 1. The molecule has 26 heavy (non-hydrogen) atoms. The molecule has 1 rings (SSSR count). The van der Waals surface area contributed by atoms with E-state index in [2.05, 4.69) is 88.0 Å². The lowest BCUT2D eigenvalue weighted by molar-refractivity contribution is -0.697. The molecule has 0 saturated heterocycles. The minimum atomic E-state index is -2.68. The summed E-state index contributed by atoms with van der Waals surface area (Å²) in [5, 5.41) is 0. The van der Waals surface area contributed by atoms with Gasteiger partial charge in [0.1, 0.15) is 6.54 Å². The normalized spacial score (nSPS) is 13.4. The molecule has 0 radical (unpaired) electrons. The van der Waals surface area contributed by atoms with Gasteiger partial charge in [-0.1, -0.05) is 6.07 Å². The van der Waals surface area contributed by atoms with Gasteiger partial charge in [0.25, 0.3) is 0 Å². The molecule has 0 fully saturated rings. The van der Waals surface area contributed by atoms with Crippen molar-refractivity contribution >= 4 is 33.8 Å². The maximum atomic E-state index is 6.71. The molecule has 0 N–H and O–H groups in total. The van der Waals surface area contributed by atoms with Crippen molar-refractivity contribution in [2.24, 2.45) is 0 Å². The molecule has 0 atom stereocenters. The Morgan fingerprint density at radius 2 is 1.04 bits per heavy atom. The summed E-state index contributed by atoms with van der Waals surface area (Å²) in [6.07, 6.45) is 5.24. The van der Waals surface area contributed by atoms with Crippen LogP contribution in [0.1, 0.15) is 6.42 Å². The third-order valence-electron chi connectivity index (χ3n) is 3.06. The maximum absolute atomic E-state index is 6.71. The van der Waals surface area contributed by atoms with Crippen LogP contribution in [0.2, 0.25) is 65.0 Å². The van der Waals surface area contributed by atoms with E-state index in [0.717, 1.165) is 19.0 Å². The highest BCUT2D eigenvalue weighted by molar-refractivity contribution is 6.90. The van der Waals surface area contributed by atoms with Crippen molar-refractivity contribution in [1.29, 1.82) is 0 Å². The van der Waals surface area contributed by atoms with E-state index < -0.39 is 33.8 Å². The Bertz CT molecular complexity index is 487. The molecule has 9 heteroatoms. The summed E-state index contributed by atoms with van der Waals surface area (Å²) < 4.78 is 22.3. The number of halogens is 1. The lowest BCUT2D eigenvalue weighted by Gasteiger charge is -2.42. The van der Waals surface area contributed by atoms with E-state index in [9.17, 15) is 0 Å². The molecule has 152 valence electrons. The van der Waals surface area contributed by atoms with Crippen LogP contribution in [0.25, 0.3) is 0 Å². The highest BCUT2D eigenvalue weighted by atomic mass is 35.5. The van der Waals surface area contributed by atoms with Crippen molar-refractivity contribution in [1.82, 2.24) is 0 Å². The molecule has 0 aliphatic rings. The van der Waals surface area contributed by atoms with Crippen LogP contribution in [0.5, 0.6) is 0 Å². The first-order valence-electron chi connectivity index (χ1n) is 9.24. The minimum Gasteiger partial charge on any atom is -1.00 e. The van der Waals surface area contributed by atoms with Crippen molar-refractivity contribution < 1.29 is 29.3 Å². The quantitative estimate of drug-likeness (QED) is 0.402. The van der Waals surface area contributed by atoms with Gasteiger partial charge in [-0.2, -0.15) is 0 Å². The van der Waals surface area contributed by atoms with Crippen LogP contribution < -0.4 is 17.0 Å². The SMILES string of the molecule is C[Si](C)(C)O[Si](CCC[n+]1ccccc1)(O[Si](C)(C)C)O[Si](C)(C)C.[Cl-]. The summed E-state index contributed by atoms with van der Waals surface area (Å²) in [7, 11) is -8.00. The van der Waals surface area contributed by atoms with Gasteiger partial charge in [-0.05, 0) is 58.9 Å². The molecular formula is C17H38ClNO3Si4. The average molecular weight is 452 g/mol. The number of pyridine rings is 1. The number of hydrogen-bond donors (Lipinski definition) is 0. The van der Waals surface area contributed by atoms with E-state index in [4.69, 9.17) is 12.3 Å². The Balaban J connectivity index is 0.00000625. The Morgan fingerprint density at radius 1 is 0.654 bits per heavy atom. The zero-order chi connectivity index (χ0) is 19.4. The van der Waals surface area contributed by atoms with Crippen molar-refractivity contribution in [2.75, 3.05) is 0 Å². The summed E-state index contributed by atoms with van der Waals surface area (Å²) in [5.74, 6) is 0. The number of aryl methyl sites for hydroxylation is 1. The Morgan fingerprint density at radius 3 is 1.38 bits per heavy atom. The van der Waals surface area contributed by atoms with Crippen molar-refractivity contribution in [3.63, 3.8) is 0 Å². The molecule has 0 aliphatic heterocycles. The topological polar surface area (TPSA) is 31.6 Å². The van der Waals surface area contributed by atoms with E-state index >= 15 is 0 Å². The smallest absolute Gasteiger partial charge is 0.469 e. The molecule has 0 unspecified atom stereocenters. The first-order chi connectivity index (χ1) is 11.2. The minimum absolute atomic E-state index is 0. The Kier molecular flexibility index (Phi) is 10.2. The molecule has 0 aromatic carbocycles. The van der Waals surface area contributed by atoms with Gasteiger partial charge < -0.3 is 24.8 Å². The fourth-order valence-corrected chi connectivity index (χ4v) is 17.3. The first-order valence-corrected chi connectivity index (χ1v) is 21.4. The zero-order valence-electron chi connectivity index (χ0n) is 18.1. The number of nitrogens with zero attached hydrogens (tertiary/aromatic N) is 1. The van der Waals surface area contributed by atoms with Gasteiger partial charge in [0.15, 0.2) is 37.3 Å². The average Bonchev–Trinajstić information content (AvgIpc) is 2.33. The van der Waals surface area contributed by atoms with Crippen molar-refractivity contribution in [3.8, 4) is 0 Å². The van der Waals surface area contributed by atoms with Crippen LogP contribution in [0.15, 0.2) is 30.6 Å². The van der Waals surface area contributed by atoms with Gasteiger partial charge in [-0.3, -0.25) is 0 Å². The molecule has 1 heterocycles. The van der Waals surface area contributed by atoms with Gasteiger partial charge in [-0.25, -0.2) is 4.57 Å². The second-order valence-electron chi connectivity index (χ2n) is 9.54. The lowest BCUT2D eigenvalue weighted by atomic mass is 10.4. The Labute approximate surface area is 171 Å². The largest absolute Gasteiger partial charge is 1.00 e. The summed E-state index contributed by atoms with van der Waals surface area (Å²) in [4.78, 5) is 0. The number of rotatable bonds is 10. The van der Waals surface area contributed by atoms with Gasteiger partial charge >= 0.3 is 8.80 Å². The van der Waals surface area contributed by atoms with Crippen LogP contribution in [-0.4, -0.2) is 33.8 Å². The summed E-state index contributed by atoms with van der Waals surface area (Å²) in [5.41, 5.74) is 0. The van der Waals surface area contributed by atoms with E-state index in [1.165, 1.54) is 0 Å². The third-order valence-corrected chi connectivity index (χ3v) is 15.1. The Hall–Kier alpha value is 0.188. The fraction of sp³-hybridized carbons (Fsp3) is 0.706. The number of hydrogen-bond acceptors (Lipinski definition) is 3. The van der Waals surface area contributed by atoms with E-state index in [-0.39, 0.29) is 12.4 Å². The van der Waals surface area contributed by atoms with Crippen molar-refractivity contribution in [2.45, 2.75) is 77.9 Å². The highest BCUT2D eigenvalue weighted by Crippen LogP contribution is 2.29. The van der Waals surface area contributed by atoms with Crippen LogP contribution in [0, 0.1) is 0 Å². The summed E-state index contributed by atoms with van der Waals surface area (Å²) >= 11 is 0. The second-order valence-corrected chi connectivity index (χ2v) is 26.5. The molecule has 4 nitrogen and oxygen atoms in total. The molecule has 0 saturated carbocycles. The molecular weight excluding hydrogens is 414 g/mol. The summed E-state index contributed by atoms with van der Waals surface area (Å²) in [6, 6.07) is 7.08. The molecule has 0 amide bonds. The van der Waals surface area contributed by atoms with Gasteiger partial charge in [0.2, 0.25) is 0 Å². The zero-order valence-corrected chi connectivity index (χ0v) is 22.8. The second kappa shape index (κ2) is 10.1. The molecule has 0 bridgehead atoms. The first kappa shape index (κ1) is 26.2. The molecule has 1 aromatic heterocycles. The van der Waals surface area contributed by atoms with Crippen LogP contribution in [-0.2, 0) is 18.9 Å². The molecule has 0 aliphatic carbocycles. The van der Waals surface area contributed by atoms with Crippen molar-refractivity contribution in [3.05, 3.63) is 30.6 Å². The fourth-order valence-electron chi connectivity index (χ4n) is 2.68. The van der Waals surface area contributed by atoms with E-state index in [1.54, 1.807) is 0 Å². The lowest BCUT2D eigenvalue weighted by Crippen LogP contribution is -3.00. The van der Waals surface area contributed by atoms with Crippen LogP contribution >= 0.6 is 0 Å². The predicted molar refractivity (Wildman–Crippen MR) is 115 cm³/mol. The van der Waals surface area contributed by atoms with Gasteiger partial charge in [0, 0.05) is 24.6 Å². The van der Waals surface area contributed by atoms with Crippen LogP contribution in [0.4, 0.5) is 0 Å². The highest BCUT2D eigenvalue weighted by Gasteiger charge is 2.49. The van der Waals surface area contributed by atoms with Gasteiger partial charge in [0.05, 0.1) is 0 Å². The van der Waals surface area contributed by atoms with E-state index in [0.29, 0.717) is 0 Å². The van der Waals surface area contributed by atoms with Crippen LogP contribution in [0.3, 0.4) is 0 Å². The third kappa shape index (κ3) is 11.8. The summed E-state index contributed by atoms with van der Waals surface area (Å²) in [6.45, 7) is 21.1. The standard InChI is InChI=1S/C17H38NO3Si4.ClH/c1-22(2,3)19-25(20-23(4,5)6,21-24(7,8)9)17-13-16-18-14-11-10-12-15-18;/h10-12,14-15H,13,16-17H2,1-9H3;1H/q+1;/p-1. The molecule has 1 aromatic rings. The predicted octanol–water partition coefficient (Wildman–Crippen LogP) is 1.86. The monoisotopic (exact) mass is 451 g/mol. The molecule has 0 spiro atoms. The maximum Gasteiger partial charge on any atom is 0.469 e. The van der Waals surface area contributed by atoms with E-state index in [1.807, 2.05) is 6.07 Å².